The molecule has 0 aliphatic rings. The molecular formula is C26H20BrF3N4O5. The summed E-state index contributed by atoms with van der Waals surface area (Å²) in [6.45, 7) is 3.29. The van der Waals surface area contributed by atoms with Gasteiger partial charge >= 0.3 is 11.9 Å². The second-order valence-corrected chi connectivity index (χ2v) is 9.38. The van der Waals surface area contributed by atoms with Gasteiger partial charge in [-0.2, -0.15) is 23.0 Å². The van der Waals surface area contributed by atoms with Crippen molar-refractivity contribution in [3.63, 3.8) is 0 Å². The van der Waals surface area contributed by atoms with Crippen LogP contribution >= 0.6 is 15.9 Å². The number of phenols is 1. The number of alkyl halides is 3. The molecule has 1 amide bonds. The molecule has 3 N–H and O–H groups in total. The molecule has 0 spiro atoms. The van der Waals surface area contributed by atoms with Crippen LogP contribution in [0.2, 0.25) is 0 Å². The number of phenolic OH excluding ortho intramolecular Hbond substituents is 1. The van der Waals surface area contributed by atoms with Gasteiger partial charge in [-0.1, -0.05) is 12.1 Å². The molecule has 1 heterocycles. The molecule has 0 atom stereocenters. The summed E-state index contributed by atoms with van der Waals surface area (Å²) in [5, 5.41) is 16.0. The van der Waals surface area contributed by atoms with Crippen molar-refractivity contribution < 1.29 is 27.8 Å². The first-order valence-electron chi connectivity index (χ1n) is 11.3. The Hall–Kier alpha value is -4.39. The Morgan fingerprint density at radius 3 is 2.31 bits per heavy atom. The van der Waals surface area contributed by atoms with Crippen molar-refractivity contribution in [2.24, 2.45) is 0 Å². The molecule has 0 saturated heterocycles. The normalized spacial score (nSPS) is 11.3. The number of nitrogens with one attached hydrogen (secondary N) is 2. The van der Waals surface area contributed by atoms with Crippen LogP contribution in [0.1, 0.15) is 32.7 Å². The van der Waals surface area contributed by atoms with E-state index in [1.165, 1.54) is 18.2 Å². The summed E-state index contributed by atoms with van der Waals surface area (Å²) in [4.78, 5) is 39.6. The van der Waals surface area contributed by atoms with Gasteiger partial charge in [0.25, 0.3) is 11.5 Å². The summed E-state index contributed by atoms with van der Waals surface area (Å²) in [5.41, 5.74) is -1.50. The smallest absolute Gasteiger partial charge is 0.416 e. The third kappa shape index (κ3) is 6.20. The summed E-state index contributed by atoms with van der Waals surface area (Å²) in [6, 6.07) is 12.0. The zero-order valence-electron chi connectivity index (χ0n) is 20.4. The van der Waals surface area contributed by atoms with Crippen LogP contribution in [0, 0.1) is 13.8 Å². The van der Waals surface area contributed by atoms with Crippen molar-refractivity contribution in [1.29, 1.82) is 0 Å². The van der Waals surface area contributed by atoms with Crippen molar-refractivity contribution in [2.45, 2.75) is 26.6 Å². The van der Waals surface area contributed by atoms with E-state index in [1.54, 1.807) is 38.1 Å². The van der Waals surface area contributed by atoms with E-state index >= 15 is 0 Å². The van der Waals surface area contributed by atoms with Crippen LogP contribution in [-0.4, -0.2) is 25.8 Å². The van der Waals surface area contributed by atoms with Crippen LogP contribution in [0.3, 0.4) is 0 Å². The molecular weight excluding hydrogens is 585 g/mol. The maximum Gasteiger partial charge on any atom is 0.416 e. The highest BCUT2D eigenvalue weighted by Crippen LogP contribution is 2.34. The van der Waals surface area contributed by atoms with Crippen molar-refractivity contribution >= 4 is 21.8 Å². The van der Waals surface area contributed by atoms with Crippen LogP contribution in [0.5, 0.6) is 17.2 Å². The van der Waals surface area contributed by atoms with E-state index < -0.39 is 34.6 Å². The highest BCUT2D eigenvalue weighted by Gasteiger charge is 2.30. The molecule has 0 fully saturated rings. The second kappa shape index (κ2) is 10.8. The highest BCUT2D eigenvalue weighted by molar-refractivity contribution is 9.10. The zero-order valence-corrected chi connectivity index (χ0v) is 22.0. The number of aromatic nitrogens is 3. The van der Waals surface area contributed by atoms with E-state index in [0.717, 1.165) is 16.8 Å². The van der Waals surface area contributed by atoms with Gasteiger partial charge in [-0.15, -0.1) is 0 Å². The number of aryl methyl sites for hydroxylation is 2. The maximum atomic E-state index is 12.7. The van der Waals surface area contributed by atoms with Crippen LogP contribution in [0.15, 0.2) is 68.7 Å². The van der Waals surface area contributed by atoms with Gasteiger partial charge in [0.1, 0.15) is 17.2 Å². The van der Waals surface area contributed by atoms with Crippen LogP contribution in [-0.2, 0) is 12.7 Å². The summed E-state index contributed by atoms with van der Waals surface area (Å²) in [7, 11) is 0. The molecule has 0 aliphatic heterocycles. The third-order valence-corrected chi connectivity index (χ3v) is 6.24. The van der Waals surface area contributed by atoms with E-state index in [-0.39, 0.29) is 18.0 Å². The predicted octanol–water partition coefficient (Wildman–Crippen LogP) is 4.75. The summed E-state index contributed by atoms with van der Waals surface area (Å²) >= 11 is 3.23. The number of carbonyl (C=O) groups excluding carboxylic acids is 1. The number of carbonyl (C=O) groups is 1. The number of aromatic amines is 1. The molecule has 13 heteroatoms. The largest absolute Gasteiger partial charge is 0.507 e. The first kappa shape index (κ1) is 27.6. The molecule has 4 rings (SSSR count). The minimum Gasteiger partial charge on any atom is -0.507 e. The van der Waals surface area contributed by atoms with E-state index in [1.807, 2.05) is 0 Å². The number of halogens is 4. The zero-order chi connectivity index (χ0) is 28.5. The first-order chi connectivity index (χ1) is 18.3. The molecule has 0 radical (unpaired) electrons. The first-order valence-corrected chi connectivity index (χ1v) is 12.1. The number of hydrogen-bond acceptors (Lipinski definition) is 6. The fourth-order valence-corrected chi connectivity index (χ4v) is 4.04. The standard InChI is InChI=1S/C26H20BrF3N4O5/c1-13-9-17(10-14(2)22(13)39-18-7-8-20(35)19(27)11-18)34-25(38)32-24(37)21(33-34)23(36)31-12-15-3-5-16(6-4-15)26(28,29)30/h3-11,35H,12H2,1-2H3,(H,31,36)(H,32,37,38). The van der Waals surface area contributed by atoms with Crippen LogP contribution < -0.4 is 21.3 Å². The van der Waals surface area contributed by atoms with E-state index in [4.69, 9.17) is 4.74 Å². The Balaban J connectivity index is 1.58. The quantitative estimate of drug-likeness (QED) is 0.292. The van der Waals surface area contributed by atoms with E-state index in [0.29, 0.717) is 32.7 Å². The number of amides is 1. The third-order valence-electron chi connectivity index (χ3n) is 5.61. The molecule has 202 valence electrons. The fraction of sp³-hybridized carbons (Fsp3) is 0.154. The summed E-state index contributed by atoms with van der Waals surface area (Å²) < 4.78 is 45.5. The topological polar surface area (TPSA) is 126 Å². The highest BCUT2D eigenvalue weighted by atomic mass is 79.9. The molecule has 1 aromatic heterocycles. The second-order valence-electron chi connectivity index (χ2n) is 8.52. The lowest BCUT2D eigenvalue weighted by Gasteiger charge is -2.15. The van der Waals surface area contributed by atoms with Crippen molar-refractivity contribution in [3.8, 4) is 22.9 Å². The molecule has 0 aliphatic carbocycles. The monoisotopic (exact) mass is 604 g/mol. The van der Waals surface area contributed by atoms with Gasteiger partial charge in [-0.3, -0.25) is 14.6 Å². The van der Waals surface area contributed by atoms with Crippen molar-refractivity contribution in [2.75, 3.05) is 0 Å². The van der Waals surface area contributed by atoms with Crippen LogP contribution in [0.25, 0.3) is 5.69 Å². The number of aromatic hydroxyl groups is 1. The van der Waals surface area contributed by atoms with E-state index in [2.05, 4.69) is 31.3 Å². The van der Waals surface area contributed by atoms with Crippen molar-refractivity contribution in [1.82, 2.24) is 20.1 Å². The summed E-state index contributed by atoms with van der Waals surface area (Å²) in [6.07, 6.45) is -4.49. The minimum absolute atomic E-state index is 0.0499. The molecule has 9 nitrogen and oxygen atoms in total. The lowest BCUT2D eigenvalue weighted by Crippen LogP contribution is -2.39. The minimum atomic E-state index is -4.49. The Labute approximate surface area is 227 Å². The fourth-order valence-electron chi connectivity index (χ4n) is 3.68. The lowest BCUT2D eigenvalue weighted by atomic mass is 10.1. The van der Waals surface area contributed by atoms with Gasteiger partial charge < -0.3 is 15.2 Å². The van der Waals surface area contributed by atoms with Crippen LogP contribution in [0.4, 0.5) is 13.2 Å². The Kier molecular flexibility index (Phi) is 7.63. The number of hydrogen-bond donors (Lipinski definition) is 3. The van der Waals surface area contributed by atoms with E-state index in [9.17, 15) is 32.7 Å². The number of rotatable bonds is 6. The number of nitrogens with zero attached hydrogens (tertiary/aromatic N) is 2. The van der Waals surface area contributed by atoms with Gasteiger partial charge in [-0.25, -0.2) is 4.79 Å². The van der Waals surface area contributed by atoms with Gasteiger partial charge in [0.05, 0.1) is 15.7 Å². The van der Waals surface area contributed by atoms with Gasteiger partial charge in [0.2, 0.25) is 5.69 Å². The van der Waals surface area contributed by atoms with Gasteiger partial charge in [-0.05, 0) is 88.9 Å². The molecule has 0 unspecified atom stereocenters. The number of ether oxygens (including phenoxy) is 1. The average Bonchev–Trinajstić information content (AvgIpc) is 2.86. The molecule has 0 bridgehead atoms. The summed E-state index contributed by atoms with van der Waals surface area (Å²) in [5.74, 6) is 0.0679. The maximum absolute atomic E-state index is 12.7. The Bertz CT molecular complexity index is 1660. The predicted molar refractivity (Wildman–Crippen MR) is 138 cm³/mol. The molecule has 3 aromatic carbocycles. The number of benzene rings is 3. The van der Waals surface area contributed by atoms with Crippen molar-refractivity contribution in [3.05, 3.63) is 108 Å². The Morgan fingerprint density at radius 1 is 1.08 bits per heavy atom. The van der Waals surface area contributed by atoms with Gasteiger partial charge in [0, 0.05) is 6.54 Å². The number of H-pyrrole nitrogens is 1. The Morgan fingerprint density at radius 2 is 1.72 bits per heavy atom. The molecule has 39 heavy (non-hydrogen) atoms. The molecule has 0 saturated carbocycles. The van der Waals surface area contributed by atoms with Gasteiger partial charge in [0.15, 0.2) is 0 Å². The molecule has 4 aromatic rings. The average molecular weight is 605 g/mol. The SMILES string of the molecule is Cc1cc(-n2nc(C(=O)NCc3ccc(C(F)(F)F)cc3)c(=O)[nH]c2=O)cc(C)c1Oc1ccc(O)c(Br)c1. The lowest BCUT2D eigenvalue weighted by molar-refractivity contribution is -0.137.